The number of rotatable bonds is 2. The molecule has 0 bridgehead atoms. The van der Waals surface area contributed by atoms with Crippen LogP contribution in [-0.2, 0) is 0 Å². The summed E-state index contributed by atoms with van der Waals surface area (Å²) in [6.45, 7) is 0.142. The van der Waals surface area contributed by atoms with Crippen molar-refractivity contribution in [3.8, 4) is 11.5 Å². The molecule has 0 unspecified atom stereocenters. The lowest BCUT2D eigenvalue weighted by Gasteiger charge is -2.10. The Bertz CT molecular complexity index is 736. The number of anilines is 2. The molecule has 1 aliphatic rings. The Morgan fingerprint density at radius 3 is 2.71 bits per heavy atom. The van der Waals surface area contributed by atoms with Gasteiger partial charge in [0.2, 0.25) is 6.79 Å². The maximum absolute atomic E-state index is 12.3. The summed E-state index contributed by atoms with van der Waals surface area (Å²) in [5, 5.41) is 3.08. The Labute approximate surface area is 134 Å². The highest BCUT2D eigenvalue weighted by Gasteiger charge is 2.18. The van der Waals surface area contributed by atoms with E-state index in [2.05, 4.69) is 21.2 Å². The minimum atomic E-state index is -0.355. The molecule has 2 aromatic carbocycles. The number of halogens is 2. The van der Waals surface area contributed by atoms with E-state index in [-0.39, 0.29) is 12.7 Å². The van der Waals surface area contributed by atoms with E-state index in [1.165, 1.54) is 0 Å². The second kappa shape index (κ2) is 5.46. The third-order valence-electron chi connectivity index (χ3n) is 2.97. The van der Waals surface area contributed by atoms with Crippen molar-refractivity contribution in [2.75, 3.05) is 17.8 Å². The fourth-order valence-electron chi connectivity index (χ4n) is 1.93. The Kier molecular flexibility index (Phi) is 3.65. The zero-order chi connectivity index (χ0) is 15.0. The van der Waals surface area contributed by atoms with Crippen LogP contribution in [0.25, 0.3) is 0 Å². The van der Waals surface area contributed by atoms with Crippen LogP contribution in [0.4, 0.5) is 11.4 Å². The second-order valence-electron chi connectivity index (χ2n) is 4.37. The van der Waals surface area contributed by atoms with Gasteiger partial charge in [-0.25, -0.2) is 0 Å². The van der Waals surface area contributed by atoms with Gasteiger partial charge in [0.15, 0.2) is 11.5 Å². The van der Waals surface area contributed by atoms with Crippen LogP contribution in [0.1, 0.15) is 10.4 Å². The van der Waals surface area contributed by atoms with E-state index in [4.69, 9.17) is 26.8 Å². The Balaban J connectivity index is 1.90. The van der Waals surface area contributed by atoms with Gasteiger partial charge >= 0.3 is 0 Å². The smallest absolute Gasteiger partial charge is 0.257 e. The van der Waals surface area contributed by atoms with Gasteiger partial charge < -0.3 is 20.5 Å². The molecule has 1 amide bonds. The van der Waals surface area contributed by atoms with Gasteiger partial charge in [-0.2, -0.15) is 0 Å². The third-order valence-corrected chi connectivity index (χ3v) is 3.79. The maximum atomic E-state index is 12.3. The molecule has 0 saturated carbocycles. The molecule has 21 heavy (non-hydrogen) atoms. The molecule has 108 valence electrons. The summed E-state index contributed by atoms with van der Waals surface area (Å²) in [4.78, 5) is 12.3. The van der Waals surface area contributed by atoms with E-state index in [0.717, 1.165) is 4.47 Å². The molecule has 3 N–H and O–H groups in total. The predicted molar refractivity (Wildman–Crippen MR) is 84.1 cm³/mol. The molecule has 0 aromatic heterocycles. The van der Waals surface area contributed by atoms with Crippen molar-refractivity contribution in [2.45, 2.75) is 0 Å². The highest BCUT2D eigenvalue weighted by molar-refractivity contribution is 9.10. The Morgan fingerprint density at radius 1 is 1.24 bits per heavy atom. The van der Waals surface area contributed by atoms with Crippen LogP contribution in [0.15, 0.2) is 34.8 Å². The van der Waals surface area contributed by atoms with Gasteiger partial charge in [-0.3, -0.25) is 4.79 Å². The standard InChI is InChI=1S/C14H10BrClN2O3/c15-7-1-2-9(16)8(3-7)14(19)18-11-5-13-12(4-10(11)17)20-6-21-13/h1-5H,6,17H2,(H,18,19). The summed E-state index contributed by atoms with van der Waals surface area (Å²) in [6.07, 6.45) is 0. The monoisotopic (exact) mass is 368 g/mol. The number of fused-ring (bicyclic) bond motifs is 1. The summed E-state index contributed by atoms with van der Waals surface area (Å²) < 4.78 is 11.2. The number of carbonyl (C=O) groups is 1. The number of nitrogens with two attached hydrogens (primary N) is 1. The van der Waals surface area contributed by atoms with Crippen molar-refractivity contribution in [1.82, 2.24) is 0 Å². The lowest BCUT2D eigenvalue weighted by atomic mass is 10.2. The average Bonchev–Trinajstić information content (AvgIpc) is 2.88. The first-order valence-corrected chi connectivity index (χ1v) is 7.17. The molecule has 0 atom stereocenters. The van der Waals surface area contributed by atoms with E-state index >= 15 is 0 Å². The van der Waals surface area contributed by atoms with Crippen molar-refractivity contribution >= 4 is 44.8 Å². The van der Waals surface area contributed by atoms with Crippen molar-refractivity contribution in [1.29, 1.82) is 0 Å². The lowest BCUT2D eigenvalue weighted by molar-refractivity contribution is 0.102. The van der Waals surface area contributed by atoms with Crippen molar-refractivity contribution < 1.29 is 14.3 Å². The van der Waals surface area contributed by atoms with Crippen LogP contribution < -0.4 is 20.5 Å². The largest absolute Gasteiger partial charge is 0.454 e. The fourth-order valence-corrected chi connectivity index (χ4v) is 2.49. The molecule has 5 nitrogen and oxygen atoms in total. The van der Waals surface area contributed by atoms with E-state index < -0.39 is 0 Å². The Hall–Kier alpha value is -1.92. The minimum Gasteiger partial charge on any atom is -0.454 e. The van der Waals surface area contributed by atoms with E-state index in [9.17, 15) is 4.79 Å². The first-order valence-electron chi connectivity index (χ1n) is 6.00. The molecular weight excluding hydrogens is 360 g/mol. The molecule has 1 aliphatic heterocycles. The normalized spacial score (nSPS) is 12.3. The molecule has 2 aromatic rings. The summed E-state index contributed by atoms with van der Waals surface area (Å²) in [6, 6.07) is 8.28. The first kappa shape index (κ1) is 14.0. The van der Waals surface area contributed by atoms with Gasteiger partial charge in [0.25, 0.3) is 5.91 Å². The highest BCUT2D eigenvalue weighted by Crippen LogP contribution is 2.38. The summed E-state index contributed by atoms with van der Waals surface area (Å²) >= 11 is 9.34. The van der Waals surface area contributed by atoms with Gasteiger partial charge in [0.05, 0.1) is 22.0 Å². The molecule has 0 aliphatic carbocycles. The summed E-state index contributed by atoms with van der Waals surface area (Å²) in [5.74, 6) is 0.748. The number of nitrogen functional groups attached to an aromatic ring is 1. The number of nitrogens with one attached hydrogen (secondary N) is 1. The van der Waals surface area contributed by atoms with E-state index in [1.54, 1.807) is 30.3 Å². The number of carbonyl (C=O) groups excluding carboxylic acids is 1. The predicted octanol–water partition coefficient (Wildman–Crippen LogP) is 3.67. The van der Waals surface area contributed by atoms with Crippen LogP contribution in [0.3, 0.4) is 0 Å². The lowest BCUT2D eigenvalue weighted by Crippen LogP contribution is -2.13. The zero-order valence-corrected chi connectivity index (χ0v) is 13.0. The molecular formula is C14H10BrClN2O3. The van der Waals surface area contributed by atoms with Crippen LogP contribution in [-0.4, -0.2) is 12.7 Å². The minimum absolute atomic E-state index is 0.142. The van der Waals surface area contributed by atoms with E-state index in [0.29, 0.717) is 33.5 Å². The Morgan fingerprint density at radius 2 is 1.95 bits per heavy atom. The molecule has 0 spiro atoms. The quantitative estimate of drug-likeness (QED) is 0.792. The van der Waals surface area contributed by atoms with Crippen molar-refractivity contribution in [3.05, 3.63) is 45.4 Å². The summed E-state index contributed by atoms with van der Waals surface area (Å²) in [7, 11) is 0. The van der Waals surface area contributed by atoms with Gasteiger partial charge in [0, 0.05) is 16.6 Å². The molecule has 0 saturated heterocycles. The van der Waals surface area contributed by atoms with Crippen molar-refractivity contribution in [3.63, 3.8) is 0 Å². The number of hydrogen-bond donors (Lipinski definition) is 2. The van der Waals surface area contributed by atoms with Crippen LogP contribution >= 0.6 is 27.5 Å². The van der Waals surface area contributed by atoms with Gasteiger partial charge in [-0.05, 0) is 18.2 Å². The van der Waals surface area contributed by atoms with Crippen molar-refractivity contribution in [2.24, 2.45) is 0 Å². The number of amides is 1. The molecule has 0 fully saturated rings. The maximum Gasteiger partial charge on any atom is 0.257 e. The van der Waals surface area contributed by atoms with Crippen LogP contribution in [0, 0.1) is 0 Å². The number of hydrogen-bond acceptors (Lipinski definition) is 4. The van der Waals surface area contributed by atoms with Crippen LogP contribution in [0.5, 0.6) is 11.5 Å². The first-order chi connectivity index (χ1) is 10.0. The molecule has 0 radical (unpaired) electrons. The average molecular weight is 370 g/mol. The highest BCUT2D eigenvalue weighted by atomic mass is 79.9. The molecule has 3 rings (SSSR count). The topological polar surface area (TPSA) is 73.6 Å². The second-order valence-corrected chi connectivity index (χ2v) is 5.69. The van der Waals surface area contributed by atoms with E-state index in [1.807, 2.05) is 0 Å². The fraction of sp³-hybridized carbons (Fsp3) is 0.0714. The SMILES string of the molecule is Nc1cc2c(cc1NC(=O)c1cc(Br)ccc1Cl)OCO2. The third kappa shape index (κ3) is 2.77. The number of ether oxygens (including phenoxy) is 2. The number of benzene rings is 2. The van der Waals surface area contributed by atoms with Gasteiger partial charge in [-0.1, -0.05) is 27.5 Å². The summed E-state index contributed by atoms with van der Waals surface area (Å²) in [5.41, 5.74) is 7.08. The van der Waals surface area contributed by atoms with Gasteiger partial charge in [-0.15, -0.1) is 0 Å². The van der Waals surface area contributed by atoms with Crippen LogP contribution in [0.2, 0.25) is 5.02 Å². The zero-order valence-electron chi connectivity index (χ0n) is 10.7. The van der Waals surface area contributed by atoms with Gasteiger partial charge in [0.1, 0.15) is 0 Å². The molecule has 7 heteroatoms. The molecule has 1 heterocycles.